The van der Waals surface area contributed by atoms with Crippen molar-refractivity contribution < 1.29 is 92.8 Å². The normalized spacial score (nSPS) is 14.2. The first-order chi connectivity index (χ1) is 64.7. The van der Waals surface area contributed by atoms with Gasteiger partial charge in [-0.3, -0.25) is 4.79 Å². The van der Waals surface area contributed by atoms with Crippen molar-refractivity contribution in [3.05, 3.63) is 303 Å². The number of fused-ring (bicyclic) bond motifs is 6. The zero-order valence-electron chi connectivity index (χ0n) is 80.6. The van der Waals surface area contributed by atoms with Crippen LogP contribution < -0.4 is 61.8 Å². The number of rotatable bonds is 9. The molecule has 8 N–H and O–H groups in total. The van der Waals surface area contributed by atoms with Crippen LogP contribution in [0, 0.1) is 0 Å². The first-order valence-electron chi connectivity index (χ1n) is 43.5. The molecule has 0 radical (unpaired) electrons. The van der Waals surface area contributed by atoms with Gasteiger partial charge in [0.1, 0.15) is 39.9 Å². The van der Waals surface area contributed by atoms with Gasteiger partial charge < -0.3 is 71.2 Å². The van der Waals surface area contributed by atoms with Crippen LogP contribution in [0.4, 0.5) is 48.3 Å². The summed E-state index contributed by atoms with van der Waals surface area (Å²) in [6.07, 6.45) is -3.57. The van der Waals surface area contributed by atoms with E-state index in [0.29, 0.717) is 45.0 Å². The SMILES string of the molecule is CC(C)(C)OC(=O)N(C(=O)OC(C)(C)C)c1ccc(Cl)nn1.CN1Cc2cc(-c3ccc(N(C(=O)OC(C)(C)C)C(=O)OC(C)(C)C)nn3)ccc2[C@H](c2ccc3ccccc3c2)C1.CN1Cc2cc(-c3ccc(N)nn3)ccc2[C@H](c2ccc3ccccc3c2)C1.CN1Cc2cc(-c3ccc(N)nn3)ccc2[C@H](c2ccc3ccccc3c2)C1.CO.CO.Cl.Nc1ccc(Cl)nn1.O=CO[O-].[Na+]. The van der Waals surface area contributed by atoms with E-state index in [1.165, 1.54) is 94.5 Å². The number of nitrogen functional groups attached to an aromatic ring is 3. The molecule has 0 bridgehead atoms. The second-order valence-corrected chi connectivity index (χ2v) is 36.8. The van der Waals surface area contributed by atoms with Gasteiger partial charge in [-0.05, 0) is 265 Å². The maximum atomic E-state index is 13.0. The van der Waals surface area contributed by atoms with Crippen LogP contribution in [0.15, 0.2) is 243 Å². The van der Waals surface area contributed by atoms with Crippen LogP contribution in [0.1, 0.15) is 151 Å². The van der Waals surface area contributed by atoms with Gasteiger partial charge >= 0.3 is 53.9 Å². The molecule has 0 unspecified atom stereocenters. The molecule has 0 aliphatic carbocycles. The van der Waals surface area contributed by atoms with Crippen molar-refractivity contribution in [3.63, 3.8) is 0 Å². The van der Waals surface area contributed by atoms with Gasteiger partial charge in [-0.25, -0.2) is 19.2 Å². The Hall–Kier alpha value is -12.9. The molecule has 0 saturated heterocycles. The first-order valence-corrected chi connectivity index (χ1v) is 44.3. The molecule has 35 heteroatoms. The van der Waals surface area contributed by atoms with E-state index in [2.05, 4.69) is 274 Å². The van der Waals surface area contributed by atoms with Crippen LogP contribution in [0.3, 0.4) is 0 Å². The average molecular weight is 1940 g/mol. The second kappa shape index (κ2) is 50.5. The third-order valence-electron chi connectivity index (χ3n) is 20.9. The number of aliphatic hydroxyl groups excluding tert-OH is 2. The van der Waals surface area contributed by atoms with Gasteiger partial charge in [0.15, 0.2) is 21.9 Å². The van der Waals surface area contributed by atoms with Crippen molar-refractivity contribution in [2.45, 2.75) is 143 Å². The van der Waals surface area contributed by atoms with E-state index >= 15 is 0 Å². The van der Waals surface area contributed by atoms with Gasteiger partial charge in [-0.2, -0.15) is 9.80 Å². The van der Waals surface area contributed by atoms with Crippen LogP contribution in [-0.2, 0) is 48.3 Å². The average Bonchev–Trinajstić information content (AvgIpc) is 0.777. The zero-order chi connectivity index (χ0) is 98.9. The second-order valence-electron chi connectivity index (χ2n) is 36.1. The maximum absolute atomic E-state index is 13.0. The van der Waals surface area contributed by atoms with E-state index in [1.54, 1.807) is 119 Å². The van der Waals surface area contributed by atoms with Gasteiger partial charge in [0.25, 0.3) is 6.47 Å². The molecule has 0 spiro atoms. The molecule has 3 aliphatic heterocycles. The topological polar surface area (TPSA) is 418 Å². The summed E-state index contributed by atoms with van der Waals surface area (Å²) in [4.78, 5) is 70.3. The van der Waals surface area contributed by atoms with Gasteiger partial charge in [-0.15, -0.1) is 63.4 Å². The predicted octanol–water partition coefficient (Wildman–Crippen LogP) is 16.1. The molecule has 3 atom stereocenters. The molecule has 138 heavy (non-hydrogen) atoms. The van der Waals surface area contributed by atoms with Crippen LogP contribution >= 0.6 is 35.6 Å². The van der Waals surface area contributed by atoms with Crippen LogP contribution in [0.5, 0.6) is 0 Å². The third kappa shape index (κ3) is 31.6. The Morgan fingerprint density at radius 3 is 0.855 bits per heavy atom. The van der Waals surface area contributed by atoms with E-state index < -0.39 is 46.8 Å². The monoisotopic (exact) mass is 1940 g/mol. The van der Waals surface area contributed by atoms with Crippen LogP contribution in [-0.4, -0.2) is 184 Å². The summed E-state index contributed by atoms with van der Waals surface area (Å²) in [6.45, 7) is 26.0. The fourth-order valence-corrected chi connectivity index (χ4v) is 15.5. The molecule has 0 saturated carbocycles. The fraction of sp³-hybridized carbons (Fsp3) is 0.291. The zero-order valence-corrected chi connectivity index (χ0v) is 85.0. The summed E-state index contributed by atoms with van der Waals surface area (Å²) in [5.74, 6) is 2.24. The minimum absolute atomic E-state index is 0. The first kappa shape index (κ1) is 110. The molecule has 718 valence electrons. The number of amides is 4. The Morgan fingerprint density at radius 1 is 0.362 bits per heavy atom. The summed E-state index contributed by atoms with van der Waals surface area (Å²) in [6, 6.07) is 82.4. The predicted molar refractivity (Wildman–Crippen MR) is 537 cm³/mol. The summed E-state index contributed by atoms with van der Waals surface area (Å²) in [5.41, 5.74) is 30.8. The number of hydrogen-bond donors (Lipinski definition) is 5. The minimum Gasteiger partial charge on any atom is -0.662 e. The number of carbonyl (C=O) groups is 5. The van der Waals surface area contributed by atoms with E-state index in [4.69, 9.17) is 79.6 Å². The molecule has 8 heterocycles. The standard InChI is InChI=1S/C34H38N4O4.2C24H22N4.C14H20ClN3O4.C4H4ClN3.CH2O3.2CH4O.ClH.Na/c1-33(2,3)41-31(39)38(32(40)42-34(4,5)6)30-17-16-29(35-36-30)25-14-15-27-26(19-25)20-37(7)21-28(27)24-13-12-22-10-8-9-11-23(22)18-24;2*1-28-14-20-13-19(23-10-11-24(25)27-26-23)8-9-21(20)22(15-28)18-7-6-16-4-2-3-5-17(16)12-18;1-13(2,3)21-11(19)18(12(20)22-14(4,5)6)10-8-7-9(15)16-17-10;5-3-1-2-4(6)8-7-3;2-1-4-3;2*1-2;;/h8-19,28H,20-21H2,1-7H3;2*2-13,22H,14-15H2,1H3,(H2,25,27);7-8H,1-6H3;1-2H,(H2,6,8);1,3H;2*2H,1H3;1H;/q;;;;;;;;;+1/p-1/t28-;2*22-;;;;;;;/m000......./s1. The van der Waals surface area contributed by atoms with E-state index in [-0.39, 0.29) is 71.1 Å². The fourth-order valence-electron chi connectivity index (χ4n) is 15.3. The molecule has 14 aromatic rings. The Labute approximate surface area is 842 Å². The molecular weight excluding hydrogens is 1830 g/mol. The Kier molecular flexibility index (Phi) is 40.4. The molecule has 0 fully saturated rings. The third-order valence-corrected chi connectivity index (χ3v) is 21.3. The summed E-state index contributed by atoms with van der Waals surface area (Å²) < 4.78 is 21.3. The number of ether oxygens (including phenoxy) is 4. The molecular formula is C103H116Cl3N18NaO13. The Bertz CT molecular complexity index is 6140. The number of nitrogens with zero attached hydrogens (tertiary/aromatic N) is 15. The number of aliphatic hydroxyl groups is 2. The van der Waals surface area contributed by atoms with Crippen molar-refractivity contribution in [1.29, 1.82) is 0 Å². The summed E-state index contributed by atoms with van der Waals surface area (Å²) in [7, 11) is 8.51. The quantitative estimate of drug-likeness (QED) is 0.0294. The van der Waals surface area contributed by atoms with Crippen molar-refractivity contribution >= 4 is 128 Å². The summed E-state index contributed by atoms with van der Waals surface area (Å²) >= 11 is 11.0. The molecule has 3 aliphatic rings. The van der Waals surface area contributed by atoms with Crippen molar-refractivity contribution in [1.82, 2.24) is 65.7 Å². The van der Waals surface area contributed by atoms with Gasteiger partial charge in [0, 0.05) is 87.9 Å². The number of imide groups is 2. The number of nitrogens with two attached hydrogens (primary N) is 3. The number of halogens is 3. The van der Waals surface area contributed by atoms with Gasteiger partial charge in [0.05, 0.1) is 17.1 Å². The number of hydrogen-bond acceptors (Lipinski definition) is 29. The number of likely N-dealkylation sites (N-methyl/N-ethyl adjacent to an activating group) is 3. The number of carbonyl (C=O) groups excluding carboxylic acids is 5. The van der Waals surface area contributed by atoms with Gasteiger partial charge in [-0.1, -0.05) is 187 Å². The Morgan fingerprint density at radius 2 is 0.616 bits per heavy atom. The van der Waals surface area contributed by atoms with Crippen molar-refractivity contribution in [2.75, 3.05) is 82.0 Å². The number of aromatic nitrogens is 10. The Balaban J connectivity index is 0.000000217. The maximum Gasteiger partial charge on any atom is 1.00 e. The van der Waals surface area contributed by atoms with Crippen molar-refractivity contribution in [2.24, 2.45) is 0 Å². The largest absolute Gasteiger partial charge is 1.00 e. The molecule has 17 rings (SSSR count). The van der Waals surface area contributed by atoms with Crippen LogP contribution in [0.25, 0.3) is 66.1 Å². The minimum atomic E-state index is -0.904. The van der Waals surface area contributed by atoms with Crippen LogP contribution in [0.2, 0.25) is 10.3 Å². The van der Waals surface area contributed by atoms with Crippen molar-refractivity contribution in [3.8, 4) is 33.8 Å². The smallest absolute Gasteiger partial charge is 0.662 e. The summed E-state index contributed by atoms with van der Waals surface area (Å²) in [5, 5.41) is 69.9. The molecule has 4 amide bonds. The van der Waals surface area contributed by atoms with E-state index in [9.17, 15) is 19.2 Å². The number of anilines is 5. The molecule has 5 aromatic heterocycles. The van der Waals surface area contributed by atoms with E-state index in [1.807, 2.05) is 12.1 Å². The number of benzene rings is 9. The molecule has 9 aromatic carbocycles. The van der Waals surface area contributed by atoms with Gasteiger partial charge in [0.2, 0.25) is 0 Å². The molecule has 31 nitrogen and oxygen atoms in total. The van der Waals surface area contributed by atoms with E-state index in [0.717, 1.165) is 86.5 Å².